The maximum absolute atomic E-state index is 12.0. The molecule has 0 aliphatic carbocycles. The second-order valence-corrected chi connectivity index (χ2v) is 5.28. The van der Waals surface area contributed by atoms with Crippen molar-refractivity contribution in [2.75, 3.05) is 19.5 Å². The Balaban J connectivity index is 2.07. The second-order valence-electron chi connectivity index (χ2n) is 5.28. The van der Waals surface area contributed by atoms with Gasteiger partial charge in [0.2, 0.25) is 5.95 Å². The van der Waals surface area contributed by atoms with Gasteiger partial charge in [-0.2, -0.15) is 4.98 Å². The van der Waals surface area contributed by atoms with Crippen LogP contribution in [0.2, 0.25) is 0 Å². The summed E-state index contributed by atoms with van der Waals surface area (Å²) in [5.41, 5.74) is 6.48. The van der Waals surface area contributed by atoms with Gasteiger partial charge in [-0.15, -0.1) is 0 Å². The molecule has 0 radical (unpaired) electrons. The van der Waals surface area contributed by atoms with Gasteiger partial charge < -0.3 is 24.9 Å². The fraction of sp³-hybridized carbons (Fsp3) is 0.538. The SMILES string of the molecule is COCC1CC(O)C(n2cc(C)c3c(=O)[nH]c(N)nc32)O1. The van der Waals surface area contributed by atoms with Crippen LogP contribution in [0.1, 0.15) is 18.2 Å². The standard InChI is InChI=1S/C13H18N4O4/c1-6-4-17(10-9(6)11(19)16-13(14)15-10)12-8(18)3-7(21-12)5-20-2/h4,7-8,12,18H,3,5H2,1-2H3,(H3,14,15,16,19). The Kier molecular flexibility index (Phi) is 3.44. The molecule has 0 spiro atoms. The summed E-state index contributed by atoms with van der Waals surface area (Å²) in [6, 6.07) is 0. The largest absolute Gasteiger partial charge is 0.388 e. The third-order valence-electron chi connectivity index (χ3n) is 3.68. The fourth-order valence-electron chi connectivity index (χ4n) is 2.82. The monoisotopic (exact) mass is 294 g/mol. The van der Waals surface area contributed by atoms with Crippen LogP contribution in [-0.4, -0.2) is 45.6 Å². The van der Waals surface area contributed by atoms with Crippen LogP contribution in [0, 0.1) is 6.92 Å². The van der Waals surface area contributed by atoms with Crippen molar-refractivity contribution in [3.05, 3.63) is 22.1 Å². The molecule has 3 heterocycles. The second kappa shape index (κ2) is 5.14. The van der Waals surface area contributed by atoms with E-state index in [1.165, 1.54) is 0 Å². The van der Waals surface area contributed by atoms with Crippen molar-refractivity contribution in [2.24, 2.45) is 0 Å². The van der Waals surface area contributed by atoms with Crippen LogP contribution in [0.4, 0.5) is 5.95 Å². The highest BCUT2D eigenvalue weighted by Crippen LogP contribution is 2.32. The lowest BCUT2D eigenvalue weighted by molar-refractivity contribution is -0.0539. The highest BCUT2D eigenvalue weighted by atomic mass is 16.6. The summed E-state index contributed by atoms with van der Waals surface area (Å²) in [7, 11) is 1.58. The molecule has 3 atom stereocenters. The third-order valence-corrected chi connectivity index (χ3v) is 3.68. The van der Waals surface area contributed by atoms with E-state index in [-0.39, 0.29) is 17.6 Å². The van der Waals surface area contributed by atoms with Crippen LogP contribution >= 0.6 is 0 Å². The first-order valence-electron chi connectivity index (χ1n) is 6.70. The zero-order valence-corrected chi connectivity index (χ0v) is 11.9. The summed E-state index contributed by atoms with van der Waals surface area (Å²) < 4.78 is 12.5. The maximum atomic E-state index is 12.0. The topological polar surface area (TPSA) is 115 Å². The summed E-state index contributed by atoms with van der Waals surface area (Å²) in [5.74, 6) is 0.0350. The first-order chi connectivity index (χ1) is 10.0. The molecule has 4 N–H and O–H groups in total. The number of nitrogen functional groups attached to an aromatic ring is 1. The van der Waals surface area contributed by atoms with E-state index in [0.29, 0.717) is 24.1 Å². The molecule has 3 unspecified atom stereocenters. The molecule has 1 aliphatic rings. The van der Waals surface area contributed by atoms with Gasteiger partial charge in [0.15, 0.2) is 11.9 Å². The number of methoxy groups -OCH3 is 1. The number of rotatable bonds is 3. The lowest BCUT2D eigenvalue weighted by atomic mass is 10.2. The Bertz CT molecular complexity index is 723. The van der Waals surface area contributed by atoms with Crippen molar-refractivity contribution >= 4 is 17.0 Å². The molecule has 0 aromatic carbocycles. The number of nitrogens with zero attached hydrogens (tertiary/aromatic N) is 2. The van der Waals surface area contributed by atoms with Crippen LogP contribution < -0.4 is 11.3 Å². The number of H-pyrrole nitrogens is 1. The number of aromatic amines is 1. The van der Waals surface area contributed by atoms with Crippen molar-refractivity contribution in [2.45, 2.75) is 31.8 Å². The molecule has 21 heavy (non-hydrogen) atoms. The van der Waals surface area contributed by atoms with E-state index in [4.69, 9.17) is 15.2 Å². The number of aliphatic hydroxyl groups is 1. The van der Waals surface area contributed by atoms with Crippen molar-refractivity contribution in [3.63, 3.8) is 0 Å². The van der Waals surface area contributed by atoms with E-state index in [2.05, 4.69) is 9.97 Å². The molecule has 0 amide bonds. The summed E-state index contributed by atoms with van der Waals surface area (Å²) >= 11 is 0. The van der Waals surface area contributed by atoms with Gasteiger partial charge in [0, 0.05) is 19.7 Å². The van der Waals surface area contributed by atoms with Crippen molar-refractivity contribution < 1.29 is 14.6 Å². The molecule has 8 nitrogen and oxygen atoms in total. The van der Waals surface area contributed by atoms with Crippen molar-refractivity contribution in [1.82, 2.24) is 14.5 Å². The lowest BCUT2D eigenvalue weighted by Gasteiger charge is -2.17. The molecule has 1 aliphatic heterocycles. The predicted octanol–water partition coefficient (Wildman–Crippen LogP) is -0.0900. The Hall–Kier alpha value is -1.90. The molecule has 1 fully saturated rings. The number of fused-ring (bicyclic) bond motifs is 1. The lowest BCUT2D eigenvalue weighted by Crippen LogP contribution is -2.20. The van der Waals surface area contributed by atoms with Gasteiger partial charge in [0.25, 0.3) is 5.56 Å². The summed E-state index contributed by atoms with van der Waals surface area (Å²) in [5, 5.41) is 10.7. The third kappa shape index (κ3) is 2.31. The van der Waals surface area contributed by atoms with E-state index in [0.717, 1.165) is 5.56 Å². The zero-order chi connectivity index (χ0) is 15.1. The quantitative estimate of drug-likeness (QED) is 0.728. The minimum atomic E-state index is -0.692. The number of aromatic nitrogens is 3. The van der Waals surface area contributed by atoms with Crippen molar-refractivity contribution in [3.8, 4) is 0 Å². The number of nitrogens with one attached hydrogen (secondary N) is 1. The average Bonchev–Trinajstić information content (AvgIpc) is 2.91. The molecule has 0 saturated carbocycles. The van der Waals surface area contributed by atoms with Crippen molar-refractivity contribution in [1.29, 1.82) is 0 Å². The fourth-order valence-corrected chi connectivity index (χ4v) is 2.82. The minimum Gasteiger partial charge on any atom is -0.388 e. The van der Waals surface area contributed by atoms with Gasteiger partial charge in [-0.1, -0.05) is 0 Å². The number of nitrogens with two attached hydrogens (primary N) is 1. The summed E-state index contributed by atoms with van der Waals surface area (Å²) in [4.78, 5) is 18.6. The number of ether oxygens (including phenoxy) is 2. The molecule has 3 rings (SSSR count). The van der Waals surface area contributed by atoms with Gasteiger partial charge in [0.1, 0.15) is 6.10 Å². The molecule has 1 saturated heterocycles. The van der Waals surface area contributed by atoms with Gasteiger partial charge >= 0.3 is 0 Å². The van der Waals surface area contributed by atoms with Gasteiger partial charge in [-0.3, -0.25) is 9.78 Å². The normalized spacial score (nSPS) is 25.8. The Morgan fingerprint density at radius 3 is 3.14 bits per heavy atom. The highest BCUT2D eigenvalue weighted by Gasteiger charge is 2.36. The van der Waals surface area contributed by atoms with E-state index < -0.39 is 12.3 Å². The zero-order valence-electron chi connectivity index (χ0n) is 11.9. The Morgan fingerprint density at radius 1 is 1.67 bits per heavy atom. The minimum absolute atomic E-state index is 0.0350. The van der Waals surface area contributed by atoms with Gasteiger partial charge in [0.05, 0.1) is 18.1 Å². The van der Waals surface area contributed by atoms with Crippen LogP contribution in [0.25, 0.3) is 11.0 Å². The molecule has 2 aromatic rings. The van der Waals surface area contributed by atoms with Crippen LogP contribution in [-0.2, 0) is 9.47 Å². The first-order valence-corrected chi connectivity index (χ1v) is 6.70. The Morgan fingerprint density at radius 2 is 2.43 bits per heavy atom. The summed E-state index contributed by atoms with van der Waals surface area (Å²) in [6.07, 6.45) is 0.732. The van der Waals surface area contributed by atoms with Crippen LogP contribution in [0.3, 0.4) is 0 Å². The number of aryl methyl sites for hydroxylation is 1. The number of hydrogen-bond donors (Lipinski definition) is 3. The maximum Gasteiger partial charge on any atom is 0.262 e. The van der Waals surface area contributed by atoms with E-state index >= 15 is 0 Å². The highest BCUT2D eigenvalue weighted by molar-refractivity contribution is 5.80. The molecule has 114 valence electrons. The van der Waals surface area contributed by atoms with E-state index in [1.54, 1.807) is 24.8 Å². The summed E-state index contributed by atoms with van der Waals surface area (Å²) in [6.45, 7) is 2.21. The van der Waals surface area contributed by atoms with Gasteiger partial charge in [-0.05, 0) is 12.5 Å². The molecular formula is C13H18N4O4. The average molecular weight is 294 g/mol. The first kappa shape index (κ1) is 14.1. The predicted molar refractivity (Wildman–Crippen MR) is 75.9 cm³/mol. The molecular weight excluding hydrogens is 276 g/mol. The smallest absolute Gasteiger partial charge is 0.262 e. The van der Waals surface area contributed by atoms with Crippen LogP contribution in [0.15, 0.2) is 11.0 Å². The number of anilines is 1. The van der Waals surface area contributed by atoms with E-state index in [9.17, 15) is 9.90 Å². The van der Waals surface area contributed by atoms with Crippen LogP contribution in [0.5, 0.6) is 0 Å². The van der Waals surface area contributed by atoms with E-state index in [1.807, 2.05) is 0 Å². The molecule has 8 heteroatoms. The number of aliphatic hydroxyl groups excluding tert-OH is 1. The molecule has 2 aromatic heterocycles. The molecule has 0 bridgehead atoms. The number of hydrogen-bond acceptors (Lipinski definition) is 6. The Labute approximate surface area is 120 Å². The van der Waals surface area contributed by atoms with Gasteiger partial charge in [-0.25, -0.2) is 0 Å².